The van der Waals surface area contributed by atoms with Gasteiger partial charge in [0.2, 0.25) is 0 Å². The van der Waals surface area contributed by atoms with Crippen molar-refractivity contribution in [3.63, 3.8) is 0 Å². The van der Waals surface area contributed by atoms with Gasteiger partial charge in [-0.3, -0.25) is 15.1 Å². The third-order valence-corrected chi connectivity index (χ3v) is 6.44. The van der Waals surface area contributed by atoms with E-state index >= 15 is 0 Å². The number of ether oxygens (including phenoxy) is 1. The topological polar surface area (TPSA) is 66.3 Å². The second-order valence-electron chi connectivity index (χ2n) is 7.82. The van der Waals surface area contributed by atoms with Gasteiger partial charge in [0.1, 0.15) is 11.4 Å². The predicted octanol–water partition coefficient (Wildman–Crippen LogP) is 3.47. The van der Waals surface area contributed by atoms with Crippen molar-refractivity contribution in [3.05, 3.63) is 100 Å². The van der Waals surface area contributed by atoms with Gasteiger partial charge in [0.25, 0.3) is 5.91 Å². The first-order valence-corrected chi connectivity index (χ1v) is 11.9. The van der Waals surface area contributed by atoms with Gasteiger partial charge in [0.05, 0.1) is 12.0 Å². The largest absolute Gasteiger partial charge is 0.493 e. The van der Waals surface area contributed by atoms with Crippen LogP contribution in [0.1, 0.15) is 29.8 Å². The zero-order valence-electron chi connectivity index (χ0n) is 18.5. The van der Waals surface area contributed by atoms with Gasteiger partial charge in [0.15, 0.2) is 11.3 Å². The molecule has 33 heavy (non-hydrogen) atoms. The number of carbonyl (C=O) groups excluding carboxylic acids is 1. The number of carbonyl (C=O) groups is 1. The fourth-order valence-corrected chi connectivity index (χ4v) is 4.72. The van der Waals surface area contributed by atoms with Crippen molar-refractivity contribution in [2.24, 2.45) is 10.1 Å². The number of thioether (sulfide) groups is 1. The van der Waals surface area contributed by atoms with E-state index in [1.165, 1.54) is 22.9 Å². The lowest BCUT2D eigenvalue weighted by molar-refractivity contribution is -0.116. The highest BCUT2D eigenvalue weighted by atomic mass is 32.2. The summed E-state index contributed by atoms with van der Waals surface area (Å²) in [5.41, 5.74) is 3.75. The second-order valence-corrected chi connectivity index (χ2v) is 8.78. The van der Waals surface area contributed by atoms with Crippen LogP contribution in [0.25, 0.3) is 5.70 Å². The summed E-state index contributed by atoms with van der Waals surface area (Å²) >= 11 is 1.50. The van der Waals surface area contributed by atoms with Crippen LogP contribution in [-0.2, 0) is 10.5 Å². The number of fused-ring (bicyclic) bond motifs is 2. The van der Waals surface area contributed by atoms with Crippen LogP contribution in [0.4, 0.5) is 0 Å². The number of nitrogens with zero attached hydrogens (tertiary/aromatic N) is 3. The average molecular weight is 457 g/mol. The van der Waals surface area contributed by atoms with Gasteiger partial charge in [-0.25, -0.2) is 5.01 Å². The van der Waals surface area contributed by atoms with E-state index in [0.717, 1.165) is 21.9 Å². The second kappa shape index (κ2) is 9.11. The number of amides is 1. The van der Waals surface area contributed by atoms with Gasteiger partial charge in [-0.15, -0.1) is 5.10 Å². The highest BCUT2D eigenvalue weighted by Gasteiger charge is 2.35. The molecule has 0 saturated heterocycles. The van der Waals surface area contributed by atoms with Crippen molar-refractivity contribution in [3.8, 4) is 5.75 Å². The Balaban J connectivity index is 1.57. The number of hydrazone groups is 1. The molecule has 0 spiro atoms. The molecule has 7 heteroatoms. The normalized spacial score (nSPS) is 16.8. The zero-order chi connectivity index (χ0) is 22.8. The fourth-order valence-electron chi connectivity index (χ4n) is 3.91. The maximum Gasteiger partial charge on any atom is 0.276 e. The SMILES string of the molecule is CCOc1ccccc1[C@H]1N=c2ccccc2=C2C(=O)NC(SCc3ccc(C)cc3)=NN21. The summed E-state index contributed by atoms with van der Waals surface area (Å²) in [6.07, 6.45) is -0.501. The Hall–Kier alpha value is -3.58. The van der Waals surface area contributed by atoms with E-state index in [2.05, 4.69) is 36.5 Å². The molecule has 0 bridgehead atoms. The molecule has 166 valence electrons. The number of hydrogen-bond acceptors (Lipinski definition) is 6. The quantitative estimate of drug-likeness (QED) is 0.639. The molecule has 0 fully saturated rings. The molecular formula is C26H24N4O2S. The number of nitrogens with one attached hydrogen (secondary N) is 1. The van der Waals surface area contributed by atoms with Crippen LogP contribution in [0.3, 0.4) is 0 Å². The summed E-state index contributed by atoms with van der Waals surface area (Å²) in [6.45, 7) is 4.56. The lowest BCUT2D eigenvalue weighted by Crippen LogP contribution is -2.50. The molecule has 1 atom stereocenters. The molecule has 0 unspecified atom stereocenters. The van der Waals surface area contributed by atoms with E-state index < -0.39 is 6.17 Å². The summed E-state index contributed by atoms with van der Waals surface area (Å²) in [7, 11) is 0. The van der Waals surface area contributed by atoms with Crippen LogP contribution in [-0.4, -0.2) is 22.7 Å². The molecule has 3 aromatic rings. The van der Waals surface area contributed by atoms with Crippen LogP contribution >= 0.6 is 11.8 Å². The molecule has 0 aromatic heterocycles. The smallest absolute Gasteiger partial charge is 0.276 e. The molecule has 5 rings (SSSR count). The predicted molar refractivity (Wildman–Crippen MR) is 131 cm³/mol. The molecule has 3 aromatic carbocycles. The van der Waals surface area contributed by atoms with Gasteiger partial charge in [0, 0.05) is 16.5 Å². The zero-order valence-corrected chi connectivity index (χ0v) is 19.3. The van der Waals surface area contributed by atoms with E-state index in [4.69, 9.17) is 14.8 Å². The maximum absolute atomic E-state index is 13.3. The summed E-state index contributed by atoms with van der Waals surface area (Å²) in [4.78, 5) is 18.3. The van der Waals surface area contributed by atoms with Gasteiger partial charge in [-0.05, 0) is 31.5 Å². The van der Waals surface area contributed by atoms with E-state index in [1.807, 2.05) is 55.5 Å². The number of para-hydroxylation sites is 2. The molecule has 0 aliphatic carbocycles. The Labute approximate surface area is 196 Å². The van der Waals surface area contributed by atoms with E-state index in [9.17, 15) is 4.79 Å². The van der Waals surface area contributed by atoms with Crippen LogP contribution in [0.5, 0.6) is 5.75 Å². The minimum atomic E-state index is -0.501. The average Bonchev–Trinajstić information content (AvgIpc) is 2.83. The van der Waals surface area contributed by atoms with Crippen molar-refractivity contribution < 1.29 is 9.53 Å². The molecule has 1 amide bonds. The van der Waals surface area contributed by atoms with E-state index in [0.29, 0.717) is 23.2 Å². The first-order valence-electron chi connectivity index (χ1n) is 10.9. The summed E-state index contributed by atoms with van der Waals surface area (Å²) in [6, 6.07) is 23.8. The lowest BCUT2D eigenvalue weighted by Gasteiger charge is -2.34. The van der Waals surface area contributed by atoms with Crippen molar-refractivity contribution in [2.75, 3.05) is 6.61 Å². The molecule has 0 radical (unpaired) electrons. The van der Waals surface area contributed by atoms with Crippen LogP contribution in [0, 0.1) is 6.92 Å². The number of benzene rings is 3. The Morgan fingerprint density at radius 2 is 1.79 bits per heavy atom. The molecule has 0 saturated carbocycles. The molecule has 6 nitrogen and oxygen atoms in total. The third-order valence-electron chi connectivity index (χ3n) is 5.51. The van der Waals surface area contributed by atoms with Crippen LogP contribution in [0.15, 0.2) is 82.9 Å². The number of aryl methyl sites for hydroxylation is 1. The minimum Gasteiger partial charge on any atom is -0.493 e. The molecule has 1 N–H and O–H groups in total. The Bertz CT molecular complexity index is 1350. The monoisotopic (exact) mass is 456 g/mol. The summed E-state index contributed by atoms with van der Waals surface area (Å²) in [5.74, 6) is 1.26. The van der Waals surface area contributed by atoms with Crippen molar-refractivity contribution in [1.29, 1.82) is 0 Å². The van der Waals surface area contributed by atoms with Gasteiger partial charge in [-0.2, -0.15) is 0 Å². The van der Waals surface area contributed by atoms with Gasteiger partial charge in [-0.1, -0.05) is 78.0 Å². The van der Waals surface area contributed by atoms with Crippen molar-refractivity contribution in [2.45, 2.75) is 25.8 Å². The fraction of sp³-hybridized carbons (Fsp3) is 0.192. The standard InChI is InChI=1S/C26H24N4O2S/c1-3-32-22-11-7-5-9-20(22)24-27-21-10-6-4-8-19(21)23-25(31)28-26(29-30(23)24)33-16-18-14-12-17(2)13-15-18/h4-15,24H,3,16H2,1-2H3,(H,28,29,31)/t24-/m0/s1. The van der Waals surface area contributed by atoms with Gasteiger partial charge >= 0.3 is 0 Å². The van der Waals surface area contributed by atoms with Crippen molar-refractivity contribution in [1.82, 2.24) is 10.3 Å². The Kier molecular flexibility index (Phi) is 5.88. The van der Waals surface area contributed by atoms with Crippen LogP contribution < -0.4 is 20.6 Å². The lowest BCUT2D eigenvalue weighted by atomic mass is 10.1. The highest BCUT2D eigenvalue weighted by Crippen LogP contribution is 2.35. The van der Waals surface area contributed by atoms with Gasteiger partial charge < -0.3 is 4.74 Å². The first-order chi connectivity index (χ1) is 16.1. The van der Waals surface area contributed by atoms with Crippen LogP contribution in [0.2, 0.25) is 0 Å². The minimum absolute atomic E-state index is 0.183. The van der Waals surface area contributed by atoms with E-state index in [1.54, 1.807) is 5.01 Å². The number of hydrogen-bond donors (Lipinski definition) is 1. The number of rotatable bonds is 5. The highest BCUT2D eigenvalue weighted by molar-refractivity contribution is 8.13. The number of amidine groups is 1. The first kappa shape index (κ1) is 21.3. The molecule has 2 heterocycles. The Morgan fingerprint density at radius 1 is 1.03 bits per heavy atom. The van der Waals surface area contributed by atoms with Crippen molar-refractivity contribution >= 4 is 28.5 Å². The van der Waals surface area contributed by atoms with E-state index in [-0.39, 0.29) is 5.91 Å². The summed E-state index contributed by atoms with van der Waals surface area (Å²) in [5, 5.41) is 11.6. The molecule has 2 aliphatic rings. The molecular weight excluding hydrogens is 432 g/mol. The summed E-state index contributed by atoms with van der Waals surface area (Å²) < 4.78 is 5.88. The molecule has 2 aliphatic heterocycles. The maximum atomic E-state index is 13.3. The third kappa shape index (κ3) is 4.24. The Morgan fingerprint density at radius 3 is 2.61 bits per heavy atom.